The lowest BCUT2D eigenvalue weighted by atomic mass is 10.0. The normalized spacial score (nSPS) is 25.2. The van der Waals surface area contributed by atoms with Gasteiger partial charge in [0.25, 0.3) is 5.56 Å². The largest absolute Gasteiger partial charge is 0.337 e. The summed E-state index contributed by atoms with van der Waals surface area (Å²) in [5, 5.41) is 0. The van der Waals surface area contributed by atoms with E-state index in [1.165, 1.54) is 30.3 Å². The van der Waals surface area contributed by atoms with Gasteiger partial charge in [-0.2, -0.15) is 0 Å². The summed E-state index contributed by atoms with van der Waals surface area (Å²) in [6.07, 6.45) is 5.77. The lowest BCUT2D eigenvalue weighted by Crippen LogP contribution is -2.49. The Morgan fingerprint density at radius 1 is 1.13 bits per heavy atom. The monoisotopic (exact) mass is 320 g/mol. The van der Waals surface area contributed by atoms with Crippen LogP contribution in [0.5, 0.6) is 0 Å². The summed E-state index contributed by atoms with van der Waals surface area (Å²) in [7, 11) is 3.55. The van der Waals surface area contributed by atoms with E-state index >= 15 is 0 Å². The molecule has 7 nitrogen and oxygen atoms in total. The van der Waals surface area contributed by atoms with Crippen molar-refractivity contribution in [3.8, 4) is 0 Å². The predicted octanol–water partition coefficient (Wildman–Crippen LogP) is -0.368. The Kier molecular flexibility index (Phi) is 4.39. The van der Waals surface area contributed by atoms with Gasteiger partial charge in [-0.15, -0.1) is 0 Å². The van der Waals surface area contributed by atoms with Crippen LogP contribution in [0.3, 0.4) is 0 Å². The fourth-order valence-electron chi connectivity index (χ4n) is 3.90. The summed E-state index contributed by atoms with van der Waals surface area (Å²) >= 11 is 0. The average molecular weight is 320 g/mol. The maximum Gasteiger partial charge on any atom is 0.331 e. The number of carbonyl (C=O) groups excluding carboxylic acids is 1. The topological polar surface area (TPSA) is 67.5 Å². The van der Waals surface area contributed by atoms with E-state index in [0.29, 0.717) is 6.04 Å². The van der Waals surface area contributed by atoms with Gasteiger partial charge in [0, 0.05) is 37.9 Å². The Bertz CT molecular complexity index is 708. The molecule has 23 heavy (non-hydrogen) atoms. The molecule has 1 aromatic heterocycles. The highest BCUT2D eigenvalue weighted by molar-refractivity contribution is 5.76. The highest BCUT2D eigenvalue weighted by atomic mass is 16.2. The lowest BCUT2D eigenvalue weighted by Gasteiger charge is -2.33. The van der Waals surface area contributed by atoms with Gasteiger partial charge in [0.1, 0.15) is 6.54 Å². The molecule has 2 aliphatic rings. The zero-order chi connectivity index (χ0) is 16.6. The summed E-state index contributed by atoms with van der Waals surface area (Å²) < 4.78 is 2.34. The number of likely N-dealkylation sites (tertiary alicyclic amines) is 2. The highest BCUT2D eigenvalue weighted by Crippen LogP contribution is 2.29. The molecule has 3 heterocycles. The highest BCUT2D eigenvalue weighted by Gasteiger charge is 2.38. The Balaban J connectivity index is 1.76. The lowest BCUT2D eigenvalue weighted by molar-refractivity contribution is -0.133. The second-order valence-electron chi connectivity index (χ2n) is 6.61. The zero-order valence-corrected chi connectivity index (χ0v) is 13.8. The van der Waals surface area contributed by atoms with E-state index in [9.17, 15) is 14.4 Å². The summed E-state index contributed by atoms with van der Waals surface area (Å²) in [6.45, 7) is 1.84. The maximum atomic E-state index is 12.7. The Morgan fingerprint density at radius 2 is 1.83 bits per heavy atom. The number of aromatic nitrogens is 2. The number of rotatable bonds is 3. The molecule has 0 unspecified atom stereocenters. The molecule has 126 valence electrons. The van der Waals surface area contributed by atoms with Crippen LogP contribution in [0.15, 0.2) is 21.9 Å². The van der Waals surface area contributed by atoms with Crippen LogP contribution in [-0.2, 0) is 18.4 Å². The molecule has 0 saturated carbocycles. The minimum Gasteiger partial charge on any atom is -0.337 e. The second kappa shape index (κ2) is 6.31. The molecule has 0 spiro atoms. The van der Waals surface area contributed by atoms with Gasteiger partial charge in [-0.3, -0.25) is 18.7 Å². The fourth-order valence-corrected chi connectivity index (χ4v) is 3.90. The molecule has 0 N–H and O–H groups in total. The van der Waals surface area contributed by atoms with E-state index in [-0.39, 0.29) is 24.1 Å². The van der Waals surface area contributed by atoms with Crippen molar-refractivity contribution in [1.82, 2.24) is 18.9 Å². The van der Waals surface area contributed by atoms with Crippen molar-refractivity contribution in [3.63, 3.8) is 0 Å². The first-order chi connectivity index (χ1) is 11.0. The van der Waals surface area contributed by atoms with Gasteiger partial charge >= 0.3 is 5.69 Å². The van der Waals surface area contributed by atoms with E-state index in [2.05, 4.69) is 11.9 Å². The molecule has 0 aromatic carbocycles. The molecule has 2 aliphatic heterocycles. The number of nitrogens with zero attached hydrogens (tertiary/aromatic N) is 4. The van der Waals surface area contributed by atoms with Gasteiger partial charge < -0.3 is 9.80 Å². The first-order valence-corrected chi connectivity index (χ1v) is 8.25. The molecule has 0 aliphatic carbocycles. The first kappa shape index (κ1) is 16.0. The van der Waals surface area contributed by atoms with Crippen molar-refractivity contribution in [2.45, 2.75) is 44.3 Å². The SMILES string of the molecule is CN1CCC[C@H]1[C@@H]1CCCN1C(=O)Cn1ccc(=O)n(C)c1=O. The third-order valence-electron chi connectivity index (χ3n) is 5.21. The van der Waals surface area contributed by atoms with Gasteiger partial charge in [0.05, 0.1) is 0 Å². The van der Waals surface area contributed by atoms with Crippen LogP contribution in [-0.4, -0.2) is 57.1 Å². The molecule has 0 bridgehead atoms. The molecule has 0 radical (unpaired) electrons. The van der Waals surface area contributed by atoms with Crippen LogP contribution < -0.4 is 11.2 Å². The molecule has 2 atom stereocenters. The number of hydrogen-bond acceptors (Lipinski definition) is 4. The van der Waals surface area contributed by atoms with Crippen LogP contribution in [0.2, 0.25) is 0 Å². The van der Waals surface area contributed by atoms with Crippen molar-refractivity contribution in [2.24, 2.45) is 7.05 Å². The molecular weight excluding hydrogens is 296 g/mol. The van der Waals surface area contributed by atoms with Crippen molar-refractivity contribution in [3.05, 3.63) is 33.1 Å². The Hall–Kier alpha value is -1.89. The third kappa shape index (κ3) is 2.97. The Morgan fingerprint density at radius 3 is 2.52 bits per heavy atom. The van der Waals surface area contributed by atoms with Crippen LogP contribution in [0, 0.1) is 0 Å². The minimum absolute atomic E-state index is 0.000111. The molecular formula is C16H24N4O3. The van der Waals surface area contributed by atoms with E-state index in [4.69, 9.17) is 0 Å². The third-order valence-corrected chi connectivity index (χ3v) is 5.21. The van der Waals surface area contributed by atoms with Gasteiger partial charge in [0.2, 0.25) is 5.91 Å². The molecule has 3 rings (SSSR count). The number of likely N-dealkylation sites (N-methyl/N-ethyl adjacent to an activating group) is 1. The zero-order valence-electron chi connectivity index (χ0n) is 13.8. The maximum absolute atomic E-state index is 12.7. The molecule has 1 aromatic rings. The molecule has 2 fully saturated rings. The van der Waals surface area contributed by atoms with Crippen LogP contribution in [0.25, 0.3) is 0 Å². The first-order valence-electron chi connectivity index (χ1n) is 8.25. The van der Waals surface area contributed by atoms with Gasteiger partial charge in [0.15, 0.2) is 0 Å². The Labute approximate surface area is 135 Å². The number of carbonyl (C=O) groups is 1. The molecule has 1 amide bonds. The minimum atomic E-state index is -0.445. The van der Waals surface area contributed by atoms with Crippen molar-refractivity contribution >= 4 is 5.91 Å². The standard InChI is InChI=1S/C16H24N4O3/c1-17-8-3-5-12(17)13-6-4-9-20(13)15(22)11-19-10-7-14(21)18(2)16(19)23/h7,10,12-13H,3-6,8-9,11H2,1-2H3/t12-,13-/m0/s1. The van der Waals surface area contributed by atoms with E-state index in [0.717, 1.165) is 36.9 Å². The van der Waals surface area contributed by atoms with E-state index in [1.54, 1.807) is 0 Å². The van der Waals surface area contributed by atoms with Crippen molar-refractivity contribution in [2.75, 3.05) is 20.1 Å². The van der Waals surface area contributed by atoms with Gasteiger partial charge in [-0.1, -0.05) is 0 Å². The van der Waals surface area contributed by atoms with Gasteiger partial charge in [-0.25, -0.2) is 4.79 Å². The van der Waals surface area contributed by atoms with Gasteiger partial charge in [-0.05, 0) is 39.3 Å². The van der Waals surface area contributed by atoms with Crippen molar-refractivity contribution < 1.29 is 4.79 Å². The average Bonchev–Trinajstić information content (AvgIpc) is 3.16. The fraction of sp³-hybridized carbons (Fsp3) is 0.688. The molecule has 7 heteroatoms. The van der Waals surface area contributed by atoms with E-state index < -0.39 is 5.69 Å². The van der Waals surface area contributed by atoms with Crippen LogP contribution in [0.4, 0.5) is 0 Å². The van der Waals surface area contributed by atoms with Crippen LogP contribution in [0.1, 0.15) is 25.7 Å². The molecule has 2 saturated heterocycles. The predicted molar refractivity (Wildman–Crippen MR) is 86.3 cm³/mol. The summed E-state index contributed by atoms with van der Waals surface area (Å²) in [5.41, 5.74) is -0.801. The summed E-state index contributed by atoms with van der Waals surface area (Å²) in [5.74, 6) is -0.0338. The number of amides is 1. The van der Waals surface area contributed by atoms with Crippen LogP contribution >= 0.6 is 0 Å². The summed E-state index contributed by atoms with van der Waals surface area (Å²) in [6, 6.07) is 2.00. The smallest absolute Gasteiger partial charge is 0.331 e. The summed E-state index contributed by atoms with van der Waals surface area (Å²) in [4.78, 5) is 40.5. The van der Waals surface area contributed by atoms with Crippen molar-refractivity contribution in [1.29, 1.82) is 0 Å². The van der Waals surface area contributed by atoms with E-state index in [1.807, 2.05) is 4.90 Å². The second-order valence-corrected chi connectivity index (χ2v) is 6.61. The quantitative estimate of drug-likeness (QED) is 0.762. The number of hydrogen-bond donors (Lipinski definition) is 0.